The number of carbonyl (C=O) groups excluding carboxylic acids is 1. The van der Waals surface area contributed by atoms with Gasteiger partial charge in [-0.2, -0.15) is 0 Å². The van der Waals surface area contributed by atoms with Crippen LogP contribution in [0, 0.1) is 0 Å². The smallest absolute Gasteiger partial charge is 0.315 e. The largest absolute Gasteiger partial charge is 0.377 e. The molecule has 1 unspecified atom stereocenters. The van der Waals surface area contributed by atoms with Crippen LogP contribution in [0.2, 0.25) is 0 Å². The van der Waals surface area contributed by atoms with Gasteiger partial charge in [0, 0.05) is 19.7 Å². The molecule has 1 aliphatic carbocycles. The second-order valence-corrected chi connectivity index (χ2v) is 5.55. The van der Waals surface area contributed by atoms with E-state index in [0.717, 1.165) is 37.9 Å². The van der Waals surface area contributed by atoms with E-state index in [0.29, 0.717) is 12.6 Å². The van der Waals surface area contributed by atoms with Crippen LogP contribution < -0.4 is 10.6 Å². The minimum Gasteiger partial charge on any atom is -0.377 e. The van der Waals surface area contributed by atoms with E-state index in [1.807, 2.05) is 12.2 Å². The third-order valence-corrected chi connectivity index (χ3v) is 3.95. The van der Waals surface area contributed by atoms with Crippen molar-refractivity contribution in [2.75, 3.05) is 33.8 Å². The van der Waals surface area contributed by atoms with Gasteiger partial charge in [-0.25, -0.2) is 4.79 Å². The first-order valence-electron chi connectivity index (χ1n) is 7.30. The van der Waals surface area contributed by atoms with Crippen molar-refractivity contribution >= 4 is 6.03 Å². The summed E-state index contributed by atoms with van der Waals surface area (Å²) in [5.41, 5.74) is 1.14. The van der Waals surface area contributed by atoms with E-state index in [-0.39, 0.29) is 12.1 Å². The highest BCUT2D eigenvalue weighted by Gasteiger charge is 2.18. The van der Waals surface area contributed by atoms with Crippen LogP contribution in [0.3, 0.4) is 0 Å². The normalized spacial score (nSPS) is 24.3. The second kappa shape index (κ2) is 7.45. The molecule has 2 amide bonds. The van der Waals surface area contributed by atoms with Crippen molar-refractivity contribution in [2.24, 2.45) is 0 Å². The summed E-state index contributed by atoms with van der Waals surface area (Å²) in [4.78, 5) is 14.1. The molecular weight excluding hydrogens is 254 g/mol. The average molecular weight is 279 g/mol. The van der Waals surface area contributed by atoms with E-state index in [4.69, 9.17) is 4.74 Å². The molecule has 0 aromatic carbocycles. The van der Waals surface area contributed by atoms with Crippen molar-refractivity contribution in [1.82, 2.24) is 15.5 Å². The zero-order valence-electron chi connectivity index (χ0n) is 12.4. The Kier molecular flexibility index (Phi) is 5.61. The van der Waals surface area contributed by atoms with Crippen molar-refractivity contribution in [3.8, 4) is 0 Å². The van der Waals surface area contributed by atoms with Crippen molar-refractivity contribution in [1.29, 1.82) is 0 Å². The molecule has 0 bridgehead atoms. The van der Waals surface area contributed by atoms with Crippen LogP contribution in [0.5, 0.6) is 0 Å². The Morgan fingerprint density at radius 3 is 2.80 bits per heavy atom. The van der Waals surface area contributed by atoms with Gasteiger partial charge in [-0.3, -0.25) is 0 Å². The number of methoxy groups -OCH3 is 1. The summed E-state index contributed by atoms with van der Waals surface area (Å²) in [5.74, 6) is 0. The van der Waals surface area contributed by atoms with E-state index in [1.165, 1.54) is 0 Å². The van der Waals surface area contributed by atoms with Crippen molar-refractivity contribution in [3.05, 3.63) is 23.8 Å². The molecule has 2 rings (SSSR count). The number of urea groups is 1. The monoisotopic (exact) mass is 279 g/mol. The predicted molar refractivity (Wildman–Crippen MR) is 79.7 cm³/mol. The van der Waals surface area contributed by atoms with Crippen LogP contribution in [0.4, 0.5) is 4.79 Å². The molecule has 20 heavy (non-hydrogen) atoms. The average Bonchev–Trinajstić information content (AvgIpc) is 2.48. The van der Waals surface area contributed by atoms with E-state index in [2.05, 4.69) is 28.7 Å². The van der Waals surface area contributed by atoms with Crippen LogP contribution in [0.25, 0.3) is 0 Å². The molecule has 1 heterocycles. The van der Waals surface area contributed by atoms with Crippen LogP contribution >= 0.6 is 0 Å². The van der Waals surface area contributed by atoms with Gasteiger partial charge in [0.1, 0.15) is 0 Å². The van der Waals surface area contributed by atoms with Gasteiger partial charge in [0.05, 0.1) is 6.10 Å². The second-order valence-electron chi connectivity index (χ2n) is 5.55. The lowest BCUT2D eigenvalue weighted by Gasteiger charge is -2.29. The molecule has 0 saturated carbocycles. The van der Waals surface area contributed by atoms with Gasteiger partial charge in [-0.05, 0) is 45.0 Å². The molecule has 0 aromatic heterocycles. The highest BCUT2D eigenvalue weighted by atomic mass is 16.5. The number of rotatable bonds is 4. The van der Waals surface area contributed by atoms with Crippen LogP contribution in [-0.2, 0) is 4.74 Å². The van der Waals surface area contributed by atoms with Crippen LogP contribution in [0.15, 0.2) is 23.8 Å². The van der Waals surface area contributed by atoms with E-state index < -0.39 is 0 Å². The first-order chi connectivity index (χ1) is 9.67. The molecule has 112 valence electrons. The fourth-order valence-corrected chi connectivity index (χ4v) is 2.52. The third-order valence-electron chi connectivity index (χ3n) is 3.95. The Labute approximate surface area is 121 Å². The molecule has 1 aliphatic heterocycles. The highest BCUT2D eigenvalue weighted by Crippen LogP contribution is 2.12. The zero-order chi connectivity index (χ0) is 14.4. The summed E-state index contributed by atoms with van der Waals surface area (Å²) >= 11 is 0. The fourth-order valence-electron chi connectivity index (χ4n) is 2.52. The molecule has 0 aromatic rings. The van der Waals surface area contributed by atoms with Gasteiger partial charge in [0.25, 0.3) is 0 Å². The van der Waals surface area contributed by atoms with Crippen LogP contribution in [-0.4, -0.2) is 56.9 Å². The van der Waals surface area contributed by atoms with E-state index in [9.17, 15) is 4.79 Å². The summed E-state index contributed by atoms with van der Waals surface area (Å²) in [6.45, 7) is 2.68. The first kappa shape index (κ1) is 15.1. The Morgan fingerprint density at radius 2 is 2.20 bits per heavy atom. The molecular formula is C15H25N3O2. The topological polar surface area (TPSA) is 53.6 Å². The number of hydrogen-bond acceptors (Lipinski definition) is 3. The predicted octanol–water partition coefficient (Wildman–Crippen LogP) is 1.28. The van der Waals surface area contributed by atoms with Gasteiger partial charge in [0.15, 0.2) is 0 Å². The summed E-state index contributed by atoms with van der Waals surface area (Å²) in [7, 11) is 3.83. The Balaban J connectivity index is 1.66. The number of ether oxygens (including phenoxy) is 1. The number of carbonyl (C=O) groups is 1. The van der Waals surface area contributed by atoms with E-state index >= 15 is 0 Å². The van der Waals surface area contributed by atoms with Crippen molar-refractivity contribution in [2.45, 2.75) is 31.4 Å². The molecule has 1 atom stereocenters. The number of likely N-dealkylation sites (tertiary alicyclic amines) is 1. The third kappa shape index (κ3) is 4.65. The number of nitrogens with one attached hydrogen (secondary N) is 2. The maximum absolute atomic E-state index is 11.8. The molecule has 2 N–H and O–H groups in total. The summed E-state index contributed by atoms with van der Waals surface area (Å²) in [6, 6.07) is 0.239. The highest BCUT2D eigenvalue weighted by molar-refractivity contribution is 5.74. The Morgan fingerprint density at radius 1 is 1.45 bits per heavy atom. The number of piperidine rings is 1. The first-order valence-corrected chi connectivity index (χ1v) is 7.30. The fraction of sp³-hybridized carbons (Fsp3) is 0.667. The standard InChI is InChI=1S/C15H25N3O2/c1-18-9-7-13(8-10-18)17-15(19)16-11-12-3-5-14(20-2)6-4-12/h3-5,13-14H,6-11H2,1-2H3,(H2,16,17,19). The molecule has 0 radical (unpaired) electrons. The maximum atomic E-state index is 11.8. The lowest BCUT2D eigenvalue weighted by atomic mass is 10.0. The van der Waals surface area contributed by atoms with Gasteiger partial charge in [0.2, 0.25) is 0 Å². The number of hydrogen-bond donors (Lipinski definition) is 2. The zero-order valence-corrected chi connectivity index (χ0v) is 12.4. The Hall–Kier alpha value is -1.33. The molecule has 5 heteroatoms. The van der Waals surface area contributed by atoms with Gasteiger partial charge in [-0.15, -0.1) is 0 Å². The van der Waals surface area contributed by atoms with Crippen LogP contribution in [0.1, 0.15) is 19.3 Å². The maximum Gasteiger partial charge on any atom is 0.315 e. The lowest BCUT2D eigenvalue weighted by Crippen LogP contribution is -2.47. The lowest BCUT2D eigenvalue weighted by molar-refractivity contribution is 0.142. The van der Waals surface area contributed by atoms with Gasteiger partial charge in [-0.1, -0.05) is 18.2 Å². The molecule has 0 spiro atoms. The molecule has 1 saturated heterocycles. The SMILES string of the molecule is COC1C=CC(CNC(=O)NC2CCN(C)CC2)=CC1. The summed E-state index contributed by atoms with van der Waals surface area (Å²) in [5, 5.41) is 5.97. The Bertz CT molecular complexity index is 385. The minimum absolute atomic E-state index is 0.0669. The molecule has 2 aliphatic rings. The quantitative estimate of drug-likeness (QED) is 0.815. The van der Waals surface area contributed by atoms with E-state index in [1.54, 1.807) is 7.11 Å². The molecule has 1 fully saturated rings. The van der Waals surface area contributed by atoms with Gasteiger partial charge < -0.3 is 20.3 Å². The summed E-state index contributed by atoms with van der Waals surface area (Å²) in [6.07, 6.45) is 9.28. The number of nitrogens with zero attached hydrogens (tertiary/aromatic N) is 1. The molecule has 5 nitrogen and oxygen atoms in total. The van der Waals surface area contributed by atoms with Crippen molar-refractivity contribution in [3.63, 3.8) is 0 Å². The van der Waals surface area contributed by atoms with Crippen molar-refractivity contribution < 1.29 is 9.53 Å². The number of amides is 2. The van der Waals surface area contributed by atoms with Gasteiger partial charge >= 0.3 is 6.03 Å². The minimum atomic E-state index is -0.0669. The summed E-state index contributed by atoms with van der Waals surface area (Å²) < 4.78 is 5.24.